The summed E-state index contributed by atoms with van der Waals surface area (Å²) in [5, 5.41) is 27.3. The molecule has 3 atom stereocenters. The van der Waals surface area contributed by atoms with Gasteiger partial charge in [-0.15, -0.1) is 0 Å². The van der Waals surface area contributed by atoms with Gasteiger partial charge in [0.2, 0.25) is 10.0 Å². The molecule has 32 heavy (non-hydrogen) atoms. The van der Waals surface area contributed by atoms with Crippen molar-refractivity contribution < 1.29 is 38.0 Å². The maximum Gasteiger partial charge on any atom is 0.332 e. The molecule has 9 nitrogen and oxygen atoms in total. The summed E-state index contributed by atoms with van der Waals surface area (Å²) in [4.78, 5) is 12.0. The molecule has 1 aromatic rings. The summed E-state index contributed by atoms with van der Waals surface area (Å²) in [6, 6.07) is 7.11. The number of unbranched alkanes of at least 4 members (excludes halogenated alkanes) is 2. The summed E-state index contributed by atoms with van der Waals surface area (Å²) in [6.07, 6.45) is 3.24. The first-order valence-electron chi connectivity index (χ1n) is 10.9. The zero-order chi connectivity index (χ0) is 23.4. The van der Waals surface area contributed by atoms with Crippen LogP contribution in [0.25, 0.3) is 0 Å². The van der Waals surface area contributed by atoms with Crippen LogP contribution in [0.4, 0.5) is 5.69 Å². The third-order valence-electron chi connectivity index (χ3n) is 5.89. The van der Waals surface area contributed by atoms with Gasteiger partial charge in [0.15, 0.2) is 5.79 Å². The van der Waals surface area contributed by atoms with E-state index in [0.717, 1.165) is 30.9 Å². The first kappa shape index (κ1) is 24.7. The number of hydrogen-bond acceptors (Lipinski definition) is 7. The SMILES string of the molecule is CCCCCc1ccccc1NS(=O)(=O)C1CCC2(C=C1C(=O)O)OC(CO)C(CO)O2. The number of aryl methyl sites for hydroxylation is 1. The number of hydrogen-bond donors (Lipinski definition) is 4. The topological polar surface area (TPSA) is 142 Å². The van der Waals surface area contributed by atoms with Gasteiger partial charge in [0.1, 0.15) is 17.5 Å². The molecule has 178 valence electrons. The monoisotopic (exact) mass is 469 g/mol. The summed E-state index contributed by atoms with van der Waals surface area (Å²) in [7, 11) is -4.08. The van der Waals surface area contributed by atoms with E-state index in [1.165, 1.54) is 0 Å². The number of para-hydroxylation sites is 1. The van der Waals surface area contributed by atoms with E-state index < -0.39 is 52.5 Å². The van der Waals surface area contributed by atoms with Gasteiger partial charge in [-0.25, -0.2) is 13.2 Å². The van der Waals surface area contributed by atoms with Crippen molar-refractivity contribution in [1.82, 2.24) is 0 Å². The van der Waals surface area contributed by atoms with E-state index in [9.17, 15) is 28.5 Å². The number of benzene rings is 1. The predicted molar refractivity (Wildman–Crippen MR) is 118 cm³/mol. The van der Waals surface area contributed by atoms with Crippen molar-refractivity contribution in [1.29, 1.82) is 0 Å². The number of rotatable bonds is 10. The lowest BCUT2D eigenvalue weighted by molar-refractivity contribution is -0.153. The Morgan fingerprint density at radius 3 is 2.41 bits per heavy atom. The van der Waals surface area contributed by atoms with Gasteiger partial charge in [-0.2, -0.15) is 0 Å². The summed E-state index contributed by atoms with van der Waals surface area (Å²) in [6.45, 7) is 1.26. The summed E-state index contributed by atoms with van der Waals surface area (Å²) in [5.41, 5.74) is 0.946. The van der Waals surface area contributed by atoms with Gasteiger partial charge >= 0.3 is 5.97 Å². The molecule has 1 aliphatic carbocycles. The number of anilines is 1. The quantitative estimate of drug-likeness (QED) is 0.380. The molecule has 2 aliphatic rings. The van der Waals surface area contributed by atoms with Crippen LogP contribution in [0.15, 0.2) is 35.9 Å². The zero-order valence-corrected chi connectivity index (χ0v) is 18.9. The number of carbonyl (C=O) groups is 1. The maximum absolute atomic E-state index is 13.2. The molecule has 1 saturated heterocycles. The molecule has 4 N–H and O–H groups in total. The maximum atomic E-state index is 13.2. The Bertz CT molecular complexity index is 933. The minimum atomic E-state index is -4.08. The third kappa shape index (κ3) is 5.32. The van der Waals surface area contributed by atoms with Crippen molar-refractivity contribution in [3.63, 3.8) is 0 Å². The third-order valence-corrected chi connectivity index (χ3v) is 7.64. The molecule has 0 bridgehead atoms. The molecule has 0 radical (unpaired) electrons. The lowest BCUT2D eigenvalue weighted by atomic mass is 9.94. The van der Waals surface area contributed by atoms with Crippen LogP contribution >= 0.6 is 0 Å². The molecule has 3 rings (SSSR count). The van der Waals surface area contributed by atoms with E-state index in [0.29, 0.717) is 12.1 Å². The van der Waals surface area contributed by atoms with Gasteiger partial charge in [0.05, 0.1) is 24.5 Å². The van der Waals surface area contributed by atoms with Crippen LogP contribution in [0.2, 0.25) is 0 Å². The van der Waals surface area contributed by atoms with Crippen LogP contribution in [-0.2, 0) is 30.7 Å². The Balaban J connectivity index is 1.85. The standard InChI is InChI=1S/C22H31NO8S/c1-2-3-4-7-15-8-5-6-9-17(15)23-32(28,29)20-10-11-22(12-16(20)21(26)27)30-18(13-24)19(14-25)31-22/h5-6,8-9,12,18-20,23-25H,2-4,7,10-11,13-14H2,1H3,(H,26,27). The van der Waals surface area contributed by atoms with E-state index in [1.54, 1.807) is 12.1 Å². The first-order chi connectivity index (χ1) is 15.2. The number of aliphatic hydroxyl groups excluding tert-OH is 2. The summed E-state index contributed by atoms with van der Waals surface area (Å²) >= 11 is 0. The van der Waals surface area contributed by atoms with Crippen LogP contribution in [0.5, 0.6) is 0 Å². The average molecular weight is 470 g/mol. The Morgan fingerprint density at radius 2 is 1.81 bits per heavy atom. The Kier molecular flexibility index (Phi) is 7.94. The molecular formula is C22H31NO8S. The van der Waals surface area contributed by atoms with Crippen LogP contribution in [0.3, 0.4) is 0 Å². The van der Waals surface area contributed by atoms with E-state index in [4.69, 9.17) is 9.47 Å². The number of carboxylic acids is 1. The Labute approximate surface area is 188 Å². The molecule has 1 spiro atoms. The van der Waals surface area contributed by atoms with E-state index >= 15 is 0 Å². The van der Waals surface area contributed by atoms with Gasteiger partial charge < -0.3 is 24.8 Å². The van der Waals surface area contributed by atoms with Crippen molar-refractivity contribution in [3.05, 3.63) is 41.5 Å². The van der Waals surface area contributed by atoms with Crippen molar-refractivity contribution in [2.75, 3.05) is 17.9 Å². The molecule has 1 fully saturated rings. The molecule has 0 aromatic heterocycles. The normalized spacial score (nSPS) is 28.0. The lowest BCUT2D eigenvalue weighted by Gasteiger charge is -2.33. The first-order valence-corrected chi connectivity index (χ1v) is 12.4. The Morgan fingerprint density at radius 1 is 1.16 bits per heavy atom. The van der Waals surface area contributed by atoms with Gasteiger partial charge in [-0.05, 0) is 37.0 Å². The highest BCUT2D eigenvalue weighted by molar-refractivity contribution is 7.93. The second kappa shape index (κ2) is 10.3. The molecule has 0 saturated carbocycles. The summed E-state index contributed by atoms with van der Waals surface area (Å²) < 4.78 is 40.4. The van der Waals surface area contributed by atoms with Gasteiger partial charge in [-0.1, -0.05) is 38.0 Å². The number of carboxylic acid groups (broad SMARTS) is 1. The lowest BCUT2D eigenvalue weighted by Crippen LogP contribution is -2.42. The van der Waals surface area contributed by atoms with Crippen LogP contribution < -0.4 is 4.72 Å². The minimum Gasteiger partial charge on any atom is -0.478 e. The van der Waals surface area contributed by atoms with Gasteiger partial charge in [0.25, 0.3) is 0 Å². The average Bonchev–Trinajstić information content (AvgIpc) is 3.11. The number of sulfonamides is 1. The fourth-order valence-corrected chi connectivity index (χ4v) is 5.81. The fraction of sp³-hybridized carbons (Fsp3) is 0.591. The van der Waals surface area contributed by atoms with Crippen molar-refractivity contribution >= 4 is 21.7 Å². The highest BCUT2D eigenvalue weighted by Crippen LogP contribution is 2.41. The fourth-order valence-electron chi connectivity index (χ4n) is 4.23. The molecule has 1 aliphatic heterocycles. The molecule has 0 amide bonds. The van der Waals surface area contributed by atoms with Crippen LogP contribution in [0.1, 0.15) is 44.6 Å². The number of aliphatic hydroxyl groups is 2. The van der Waals surface area contributed by atoms with Gasteiger partial charge in [0, 0.05) is 6.42 Å². The van der Waals surface area contributed by atoms with Crippen molar-refractivity contribution in [2.45, 2.75) is 68.7 Å². The van der Waals surface area contributed by atoms with E-state index in [2.05, 4.69) is 11.6 Å². The second-order valence-electron chi connectivity index (χ2n) is 8.18. The summed E-state index contributed by atoms with van der Waals surface area (Å²) in [5.74, 6) is -2.88. The molecule has 1 aromatic carbocycles. The molecular weight excluding hydrogens is 438 g/mol. The largest absolute Gasteiger partial charge is 0.478 e. The number of aliphatic carboxylic acids is 1. The zero-order valence-electron chi connectivity index (χ0n) is 18.1. The molecule has 10 heteroatoms. The highest BCUT2D eigenvalue weighted by Gasteiger charge is 2.51. The van der Waals surface area contributed by atoms with Crippen LogP contribution in [-0.4, -0.2) is 66.2 Å². The smallest absolute Gasteiger partial charge is 0.332 e. The predicted octanol–water partition coefficient (Wildman–Crippen LogP) is 1.80. The van der Waals surface area contributed by atoms with E-state index in [1.807, 2.05) is 12.1 Å². The number of nitrogens with one attached hydrogen (secondary N) is 1. The number of ether oxygens (including phenoxy) is 2. The molecule has 3 unspecified atom stereocenters. The van der Waals surface area contributed by atoms with Gasteiger partial charge in [-0.3, -0.25) is 4.72 Å². The Hall–Kier alpha value is -1.98. The second-order valence-corrected chi connectivity index (χ2v) is 10.0. The van der Waals surface area contributed by atoms with Crippen molar-refractivity contribution in [3.8, 4) is 0 Å². The van der Waals surface area contributed by atoms with E-state index in [-0.39, 0.29) is 18.4 Å². The highest BCUT2D eigenvalue weighted by atomic mass is 32.2. The van der Waals surface area contributed by atoms with Crippen molar-refractivity contribution in [2.24, 2.45) is 0 Å². The molecule has 1 heterocycles. The minimum absolute atomic E-state index is 0.0538. The van der Waals surface area contributed by atoms with Crippen LogP contribution in [0, 0.1) is 0 Å².